The summed E-state index contributed by atoms with van der Waals surface area (Å²) in [6.07, 6.45) is -4.30. The number of hydrogen-bond acceptors (Lipinski definition) is 4. The molecule has 108 valence electrons. The van der Waals surface area contributed by atoms with Crippen LogP contribution in [0.3, 0.4) is 0 Å². The molecular formula is C12H19F3N4. The second kappa shape index (κ2) is 6.58. The summed E-state index contributed by atoms with van der Waals surface area (Å²) in [6.45, 7) is 4.33. The zero-order valence-corrected chi connectivity index (χ0v) is 11.1. The van der Waals surface area contributed by atoms with Crippen molar-refractivity contribution in [2.24, 2.45) is 0 Å². The predicted octanol–water partition coefficient (Wildman–Crippen LogP) is 3.33. The van der Waals surface area contributed by atoms with Gasteiger partial charge in [-0.15, -0.1) is 0 Å². The molecule has 7 heteroatoms. The van der Waals surface area contributed by atoms with Gasteiger partial charge in [0.15, 0.2) is 0 Å². The number of hydrogen-bond donors (Lipinski definition) is 2. The molecule has 0 saturated heterocycles. The average molecular weight is 276 g/mol. The first-order valence-electron chi connectivity index (χ1n) is 6.23. The van der Waals surface area contributed by atoms with Gasteiger partial charge < -0.3 is 11.1 Å². The monoisotopic (exact) mass is 276 g/mol. The van der Waals surface area contributed by atoms with Gasteiger partial charge in [-0.25, -0.2) is 9.97 Å². The molecular weight excluding hydrogens is 257 g/mol. The third-order valence-electron chi connectivity index (χ3n) is 2.47. The van der Waals surface area contributed by atoms with Gasteiger partial charge >= 0.3 is 6.18 Å². The standard InChI is InChI=1S/C12H19F3N4/c1-8(2)11-18-9(16)7-10(19-11)17-6-4-3-5-12(13,14)15/h7-8H,3-6H2,1-2H3,(H3,16,17,18,19). The van der Waals surface area contributed by atoms with E-state index in [0.29, 0.717) is 30.4 Å². The molecule has 0 aromatic carbocycles. The van der Waals surface area contributed by atoms with Crippen LogP contribution in [0.25, 0.3) is 0 Å². The number of nitrogen functional groups attached to an aromatic ring is 1. The van der Waals surface area contributed by atoms with E-state index in [1.807, 2.05) is 13.8 Å². The van der Waals surface area contributed by atoms with Crippen LogP contribution in [0.1, 0.15) is 44.9 Å². The van der Waals surface area contributed by atoms with Crippen molar-refractivity contribution < 1.29 is 13.2 Å². The molecule has 0 spiro atoms. The van der Waals surface area contributed by atoms with Crippen molar-refractivity contribution in [3.05, 3.63) is 11.9 Å². The summed E-state index contributed by atoms with van der Waals surface area (Å²) in [4.78, 5) is 8.34. The van der Waals surface area contributed by atoms with E-state index in [4.69, 9.17) is 5.73 Å². The number of anilines is 2. The van der Waals surface area contributed by atoms with E-state index in [2.05, 4.69) is 15.3 Å². The quantitative estimate of drug-likeness (QED) is 0.782. The number of halogens is 3. The normalized spacial score (nSPS) is 11.9. The Hall–Kier alpha value is -1.53. The maximum atomic E-state index is 11.9. The summed E-state index contributed by atoms with van der Waals surface area (Å²) in [5, 5.41) is 2.97. The zero-order chi connectivity index (χ0) is 14.5. The topological polar surface area (TPSA) is 63.8 Å². The van der Waals surface area contributed by atoms with Crippen molar-refractivity contribution in [3.63, 3.8) is 0 Å². The van der Waals surface area contributed by atoms with Gasteiger partial charge in [-0.05, 0) is 12.8 Å². The summed E-state index contributed by atoms with van der Waals surface area (Å²) < 4.78 is 35.8. The second-order valence-corrected chi connectivity index (χ2v) is 4.69. The van der Waals surface area contributed by atoms with Gasteiger partial charge in [0.25, 0.3) is 0 Å². The molecule has 1 heterocycles. The van der Waals surface area contributed by atoms with Crippen LogP contribution >= 0.6 is 0 Å². The highest BCUT2D eigenvalue weighted by atomic mass is 19.4. The number of nitrogens with one attached hydrogen (secondary N) is 1. The molecule has 0 radical (unpaired) electrons. The first kappa shape index (κ1) is 15.5. The van der Waals surface area contributed by atoms with Crippen molar-refractivity contribution in [1.82, 2.24) is 9.97 Å². The van der Waals surface area contributed by atoms with E-state index in [9.17, 15) is 13.2 Å². The first-order valence-corrected chi connectivity index (χ1v) is 6.23. The maximum Gasteiger partial charge on any atom is 0.389 e. The first-order chi connectivity index (χ1) is 8.78. The van der Waals surface area contributed by atoms with Gasteiger partial charge in [0, 0.05) is 24.9 Å². The molecule has 1 rings (SSSR count). The van der Waals surface area contributed by atoms with Crippen molar-refractivity contribution in [1.29, 1.82) is 0 Å². The van der Waals surface area contributed by atoms with E-state index < -0.39 is 12.6 Å². The molecule has 0 saturated carbocycles. The number of aromatic nitrogens is 2. The molecule has 0 unspecified atom stereocenters. The van der Waals surface area contributed by atoms with Gasteiger partial charge in [-0.1, -0.05) is 13.8 Å². The maximum absolute atomic E-state index is 11.9. The number of unbranched alkanes of at least 4 members (excludes halogenated alkanes) is 1. The molecule has 0 fully saturated rings. The Morgan fingerprint density at radius 3 is 2.53 bits per heavy atom. The molecule has 0 amide bonds. The Balaban J connectivity index is 2.41. The Morgan fingerprint density at radius 1 is 1.26 bits per heavy atom. The highest BCUT2D eigenvalue weighted by molar-refractivity contribution is 5.44. The zero-order valence-electron chi connectivity index (χ0n) is 11.1. The molecule has 19 heavy (non-hydrogen) atoms. The van der Waals surface area contributed by atoms with Crippen LogP contribution < -0.4 is 11.1 Å². The third kappa shape index (κ3) is 6.26. The summed E-state index contributed by atoms with van der Waals surface area (Å²) in [7, 11) is 0. The van der Waals surface area contributed by atoms with Crippen LogP contribution in [-0.4, -0.2) is 22.7 Å². The molecule has 3 N–H and O–H groups in total. The molecule has 0 aliphatic heterocycles. The minimum Gasteiger partial charge on any atom is -0.384 e. The Labute approximate surface area is 110 Å². The van der Waals surface area contributed by atoms with Crippen molar-refractivity contribution >= 4 is 11.6 Å². The third-order valence-corrected chi connectivity index (χ3v) is 2.47. The molecule has 4 nitrogen and oxygen atoms in total. The second-order valence-electron chi connectivity index (χ2n) is 4.69. The lowest BCUT2D eigenvalue weighted by Gasteiger charge is -2.10. The van der Waals surface area contributed by atoms with E-state index in [1.54, 1.807) is 6.07 Å². The number of nitrogens with two attached hydrogens (primary N) is 1. The van der Waals surface area contributed by atoms with Crippen molar-refractivity contribution in [3.8, 4) is 0 Å². The SMILES string of the molecule is CC(C)c1nc(N)cc(NCCCCC(F)(F)F)n1. The highest BCUT2D eigenvalue weighted by Gasteiger charge is 2.25. The van der Waals surface area contributed by atoms with Gasteiger partial charge in [0.05, 0.1) is 0 Å². The van der Waals surface area contributed by atoms with Crippen LogP contribution in [0.15, 0.2) is 6.07 Å². The van der Waals surface area contributed by atoms with Gasteiger partial charge in [-0.2, -0.15) is 13.2 Å². The number of rotatable bonds is 6. The summed E-state index contributed by atoms with van der Waals surface area (Å²) in [5.74, 6) is 1.69. The molecule has 0 bridgehead atoms. The lowest BCUT2D eigenvalue weighted by molar-refractivity contribution is -0.135. The molecule has 0 aliphatic rings. The Kier molecular flexibility index (Phi) is 5.38. The molecule has 1 aromatic rings. The van der Waals surface area contributed by atoms with E-state index >= 15 is 0 Å². The largest absolute Gasteiger partial charge is 0.389 e. The summed E-state index contributed by atoms with van der Waals surface area (Å²) >= 11 is 0. The molecule has 0 aliphatic carbocycles. The van der Waals surface area contributed by atoms with Crippen LogP contribution in [-0.2, 0) is 0 Å². The fraction of sp³-hybridized carbons (Fsp3) is 0.667. The van der Waals surface area contributed by atoms with E-state index in [1.165, 1.54) is 0 Å². The van der Waals surface area contributed by atoms with Crippen LogP contribution in [0.4, 0.5) is 24.8 Å². The van der Waals surface area contributed by atoms with Crippen molar-refractivity contribution in [2.45, 2.75) is 45.2 Å². The Morgan fingerprint density at radius 2 is 1.95 bits per heavy atom. The van der Waals surface area contributed by atoms with Gasteiger partial charge in [0.2, 0.25) is 0 Å². The minimum absolute atomic E-state index is 0.105. The minimum atomic E-state index is -4.08. The fourth-order valence-corrected chi connectivity index (χ4v) is 1.50. The van der Waals surface area contributed by atoms with Crippen LogP contribution in [0, 0.1) is 0 Å². The predicted molar refractivity (Wildman–Crippen MR) is 68.9 cm³/mol. The fourth-order valence-electron chi connectivity index (χ4n) is 1.50. The lowest BCUT2D eigenvalue weighted by Crippen LogP contribution is -2.10. The average Bonchev–Trinajstić information content (AvgIpc) is 2.26. The van der Waals surface area contributed by atoms with Gasteiger partial charge in [-0.3, -0.25) is 0 Å². The molecule has 1 aromatic heterocycles. The van der Waals surface area contributed by atoms with E-state index in [-0.39, 0.29) is 12.3 Å². The smallest absolute Gasteiger partial charge is 0.384 e. The number of nitrogens with zero attached hydrogens (tertiary/aromatic N) is 2. The number of alkyl halides is 3. The van der Waals surface area contributed by atoms with Gasteiger partial charge in [0.1, 0.15) is 17.5 Å². The summed E-state index contributed by atoms with van der Waals surface area (Å²) in [6, 6.07) is 1.58. The Bertz CT molecular complexity index is 404. The molecule has 0 atom stereocenters. The van der Waals surface area contributed by atoms with E-state index in [0.717, 1.165) is 0 Å². The van der Waals surface area contributed by atoms with Crippen molar-refractivity contribution in [2.75, 3.05) is 17.6 Å². The summed E-state index contributed by atoms with van der Waals surface area (Å²) in [5.41, 5.74) is 5.64. The van der Waals surface area contributed by atoms with Crippen LogP contribution in [0.2, 0.25) is 0 Å². The highest BCUT2D eigenvalue weighted by Crippen LogP contribution is 2.22. The lowest BCUT2D eigenvalue weighted by atomic mass is 10.2. The van der Waals surface area contributed by atoms with Crippen LogP contribution in [0.5, 0.6) is 0 Å².